The van der Waals surface area contributed by atoms with Crippen LogP contribution in [0.5, 0.6) is 0 Å². The molecule has 4 rings (SSSR count). The molecule has 0 unspecified atom stereocenters. The lowest BCUT2D eigenvalue weighted by atomic mass is 10.1. The summed E-state index contributed by atoms with van der Waals surface area (Å²) < 4.78 is 2.07. The zero-order chi connectivity index (χ0) is 14.6. The van der Waals surface area contributed by atoms with Crippen LogP contribution < -0.4 is 5.56 Å². The van der Waals surface area contributed by atoms with Crippen molar-refractivity contribution < 1.29 is 0 Å². The van der Waals surface area contributed by atoms with Gasteiger partial charge in [-0.15, -0.1) is 11.3 Å². The van der Waals surface area contributed by atoms with Gasteiger partial charge in [0.15, 0.2) is 4.77 Å². The Hall–Kier alpha value is -1.72. The van der Waals surface area contributed by atoms with Gasteiger partial charge in [0, 0.05) is 4.88 Å². The lowest BCUT2D eigenvalue weighted by Gasteiger charge is -2.07. The van der Waals surface area contributed by atoms with Gasteiger partial charge in [0.25, 0.3) is 5.56 Å². The van der Waals surface area contributed by atoms with Gasteiger partial charge in [-0.25, -0.2) is 0 Å². The maximum atomic E-state index is 13.0. The first-order valence-electron chi connectivity index (χ1n) is 7.00. The second-order valence-corrected chi connectivity index (χ2v) is 7.12. The first-order valence-corrected chi connectivity index (χ1v) is 8.22. The molecular weight excluding hydrogens is 300 g/mol. The summed E-state index contributed by atoms with van der Waals surface area (Å²) >= 11 is 7.08. The highest BCUT2D eigenvalue weighted by molar-refractivity contribution is 7.71. The number of aromatic nitrogens is 2. The Labute approximate surface area is 130 Å². The molecule has 5 heteroatoms. The Balaban J connectivity index is 2.08. The van der Waals surface area contributed by atoms with Crippen LogP contribution in [-0.2, 0) is 12.8 Å². The smallest absolute Gasteiger partial charge is 0.267 e. The molecule has 0 amide bonds. The van der Waals surface area contributed by atoms with E-state index in [9.17, 15) is 4.79 Å². The largest absolute Gasteiger partial charge is 0.323 e. The Kier molecular flexibility index (Phi) is 2.87. The summed E-state index contributed by atoms with van der Waals surface area (Å²) in [4.78, 5) is 18.5. The molecule has 106 valence electrons. The minimum atomic E-state index is 0.00606. The predicted molar refractivity (Wildman–Crippen MR) is 89.2 cm³/mol. The molecule has 21 heavy (non-hydrogen) atoms. The van der Waals surface area contributed by atoms with Gasteiger partial charge in [-0.3, -0.25) is 9.36 Å². The van der Waals surface area contributed by atoms with E-state index in [1.807, 2.05) is 30.3 Å². The fraction of sp³-hybridized carbons (Fsp3) is 0.250. The fourth-order valence-corrected chi connectivity index (χ4v) is 4.85. The molecule has 0 radical (unpaired) electrons. The maximum Gasteiger partial charge on any atom is 0.267 e. The van der Waals surface area contributed by atoms with E-state index in [4.69, 9.17) is 12.2 Å². The molecule has 1 aliphatic carbocycles. The summed E-state index contributed by atoms with van der Waals surface area (Å²) in [6, 6.07) is 9.59. The Morgan fingerprint density at radius 2 is 2.05 bits per heavy atom. The van der Waals surface area contributed by atoms with Crippen LogP contribution >= 0.6 is 23.6 Å². The van der Waals surface area contributed by atoms with Crippen LogP contribution in [0.15, 0.2) is 35.1 Å². The molecule has 0 fully saturated rings. The van der Waals surface area contributed by atoms with E-state index in [-0.39, 0.29) is 5.56 Å². The lowest BCUT2D eigenvalue weighted by molar-refractivity contribution is 0.630. The van der Waals surface area contributed by atoms with E-state index in [1.165, 1.54) is 10.4 Å². The van der Waals surface area contributed by atoms with Gasteiger partial charge in [0.05, 0.1) is 11.1 Å². The van der Waals surface area contributed by atoms with E-state index in [0.29, 0.717) is 10.7 Å². The van der Waals surface area contributed by atoms with Crippen LogP contribution in [0.3, 0.4) is 0 Å². The lowest BCUT2D eigenvalue weighted by Crippen LogP contribution is -2.20. The molecule has 0 saturated heterocycles. The maximum absolute atomic E-state index is 13.0. The first-order chi connectivity index (χ1) is 10.1. The monoisotopic (exact) mass is 314 g/mol. The highest BCUT2D eigenvalue weighted by Gasteiger charge is 2.25. The van der Waals surface area contributed by atoms with E-state index >= 15 is 0 Å². The van der Waals surface area contributed by atoms with Gasteiger partial charge in [0.1, 0.15) is 4.83 Å². The average Bonchev–Trinajstić information content (AvgIpc) is 2.95. The number of benzene rings is 1. The Morgan fingerprint density at radius 3 is 2.81 bits per heavy atom. The van der Waals surface area contributed by atoms with E-state index in [0.717, 1.165) is 28.7 Å². The molecule has 1 atom stereocenters. The number of hydrogen-bond donors (Lipinski definition) is 1. The normalized spacial score (nSPS) is 17.3. The zero-order valence-electron chi connectivity index (χ0n) is 11.6. The van der Waals surface area contributed by atoms with Crippen molar-refractivity contribution in [2.75, 3.05) is 0 Å². The summed E-state index contributed by atoms with van der Waals surface area (Å²) in [5.41, 5.74) is 2.05. The summed E-state index contributed by atoms with van der Waals surface area (Å²) in [5.74, 6) is 0.628. The van der Waals surface area contributed by atoms with Gasteiger partial charge >= 0.3 is 0 Å². The third-order valence-corrected chi connectivity index (χ3v) is 5.49. The molecule has 1 aliphatic rings. The summed E-state index contributed by atoms with van der Waals surface area (Å²) in [6.45, 7) is 2.24. The quantitative estimate of drug-likeness (QED) is 0.693. The number of nitrogens with one attached hydrogen (secondary N) is 1. The number of thiophene rings is 1. The SMILES string of the molecule is C[C@H]1Cc2sc3[nH]c(=S)n(-c4ccccc4)c(=O)c3c2C1. The van der Waals surface area contributed by atoms with Gasteiger partial charge in [-0.2, -0.15) is 0 Å². The molecule has 1 aromatic carbocycles. The molecule has 3 aromatic rings. The number of rotatable bonds is 1. The minimum Gasteiger partial charge on any atom is -0.323 e. The van der Waals surface area contributed by atoms with Crippen LogP contribution in [0.1, 0.15) is 17.4 Å². The highest BCUT2D eigenvalue weighted by Crippen LogP contribution is 2.37. The number of nitrogens with zero attached hydrogens (tertiary/aromatic N) is 1. The molecule has 0 spiro atoms. The Morgan fingerprint density at radius 1 is 1.29 bits per heavy atom. The fourth-order valence-electron chi connectivity index (χ4n) is 3.11. The van der Waals surface area contributed by atoms with E-state index < -0.39 is 0 Å². The first kappa shape index (κ1) is 13.0. The third kappa shape index (κ3) is 1.92. The van der Waals surface area contributed by atoms with Crippen LogP contribution in [0.25, 0.3) is 15.9 Å². The summed E-state index contributed by atoms with van der Waals surface area (Å²) in [5, 5.41) is 0.830. The van der Waals surface area contributed by atoms with Crippen molar-refractivity contribution >= 4 is 33.8 Å². The summed E-state index contributed by atoms with van der Waals surface area (Å²) in [6.07, 6.45) is 2.06. The molecule has 0 saturated carbocycles. The highest BCUT2D eigenvalue weighted by atomic mass is 32.1. The van der Waals surface area contributed by atoms with Crippen LogP contribution in [-0.4, -0.2) is 9.55 Å². The minimum absolute atomic E-state index is 0.00606. The van der Waals surface area contributed by atoms with Crippen molar-refractivity contribution in [3.05, 3.63) is 55.9 Å². The number of aromatic amines is 1. The molecule has 2 heterocycles. The van der Waals surface area contributed by atoms with Crippen molar-refractivity contribution in [1.29, 1.82) is 0 Å². The molecular formula is C16H14N2OS2. The van der Waals surface area contributed by atoms with Crippen LogP contribution in [0.4, 0.5) is 0 Å². The van der Waals surface area contributed by atoms with Crippen molar-refractivity contribution in [1.82, 2.24) is 9.55 Å². The van der Waals surface area contributed by atoms with Crippen molar-refractivity contribution in [2.24, 2.45) is 5.92 Å². The molecule has 0 aliphatic heterocycles. The van der Waals surface area contributed by atoms with Crippen molar-refractivity contribution in [3.63, 3.8) is 0 Å². The van der Waals surface area contributed by atoms with Gasteiger partial charge in [-0.1, -0.05) is 25.1 Å². The molecule has 3 nitrogen and oxygen atoms in total. The standard InChI is InChI=1S/C16H14N2OS2/c1-9-7-11-12(8-9)21-14-13(11)15(19)18(16(20)17-14)10-5-3-2-4-6-10/h2-6,9H,7-8H2,1H3,(H,17,20)/t9-/m1/s1. The number of para-hydroxylation sites is 1. The molecule has 2 aromatic heterocycles. The number of hydrogen-bond acceptors (Lipinski definition) is 3. The second-order valence-electron chi connectivity index (χ2n) is 5.63. The van der Waals surface area contributed by atoms with Crippen LogP contribution in [0.2, 0.25) is 0 Å². The molecule has 0 bridgehead atoms. The van der Waals surface area contributed by atoms with Gasteiger partial charge < -0.3 is 4.98 Å². The topological polar surface area (TPSA) is 37.8 Å². The Bertz CT molecular complexity index is 950. The predicted octanol–water partition coefficient (Wildman–Crippen LogP) is 3.84. The zero-order valence-corrected chi connectivity index (χ0v) is 13.2. The van der Waals surface area contributed by atoms with Gasteiger partial charge in [-0.05, 0) is 48.7 Å². The third-order valence-electron chi connectivity index (χ3n) is 4.03. The molecule has 1 N–H and O–H groups in total. The second kappa shape index (κ2) is 4.64. The van der Waals surface area contributed by atoms with Crippen molar-refractivity contribution in [2.45, 2.75) is 19.8 Å². The average molecular weight is 314 g/mol. The number of H-pyrrole nitrogens is 1. The van der Waals surface area contributed by atoms with E-state index in [1.54, 1.807) is 15.9 Å². The number of fused-ring (bicyclic) bond motifs is 3. The van der Waals surface area contributed by atoms with E-state index in [2.05, 4.69) is 11.9 Å². The van der Waals surface area contributed by atoms with Crippen molar-refractivity contribution in [3.8, 4) is 5.69 Å². The van der Waals surface area contributed by atoms with Crippen LogP contribution in [0, 0.1) is 10.7 Å². The van der Waals surface area contributed by atoms with Gasteiger partial charge in [0.2, 0.25) is 0 Å². The summed E-state index contributed by atoms with van der Waals surface area (Å²) in [7, 11) is 0.